The lowest BCUT2D eigenvalue weighted by molar-refractivity contribution is 0.0660. The lowest BCUT2D eigenvalue weighted by Crippen LogP contribution is -2.52. The first kappa shape index (κ1) is 22.7. The summed E-state index contributed by atoms with van der Waals surface area (Å²) in [6, 6.07) is 8.07. The van der Waals surface area contributed by atoms with Gasteiger partial charge in [-0.1, -0.05) is 0 Å². The first-order chi connectivity index (χ1) is 11.6. The third-order valence-corrected chi connectivity index (χ3v) is 5.36. The Morgan fingerprint density at radius 2 is 2.04 bits per heavy atom. The SMILES string of the molecule is CCOc1ccc(-c2nc(C)c(C(=O)N3CCNCC3C)s2)cc1.Cl.Cl. The van der Waals surface area contributed by atoms with Crippen LogP contribution in [0, 0.1) is 6.92 Å². The Morgan fingerprint density at radius 1 is 1.35 bits per heavy atom. The predicted octanol–water partition coefficient (Wildman–Crippen LogP) is 3.79. The Hall–Kier alpha value is -1.34. The summed E-state index contributed by atoms with van der Waals surface area (Å²) < 4.78 is 5.47. The summed E-state index contributed by atoms with van der Waals surface area (Å²) in [7, 11) is 0. The van der Waals surface area contributed by atoms with Crippen molar-refractivity contribution in [3.63, 3.8) is 0 Å². The Labute approximate surface area is 171 Å². The average molecular weight is 418 g/mol. The molecule has 1 atom stereocenters. The van der Waals surface area contributed by atoms with Crippen molar-refractivity contribution in [3.8, 4) is 16.3 Å². The van der Waals surface area contributed by atoms with Crippen LogP contribution in [0.2, 0.25) is 0 Å². The number of piperazine rings is 1. The highest BCUT2D eigenvalue weighted by Crippen LogP contribution is 2.30. The Balaban J connectivity index is 0.00000169. The van der Waals surface area contributed by atoms with Crippen molar-refractivity contribution < 1.29 is 9.53 Å². The molecule has 0 saturated carbocycles. The standard InChI is InChI=1S/C18H23N3O2S.2ClH/c1-4-23-15-7-5-14(6-8-15)17-20-13(3)16(24-17)18(22)21-10-9-19-11-12(21)2;;/h5-8,12,19H,4,9-11H2,1-3H3;2*1H. The average Bonchev–Trinajstić information content (AvgIpc) is 2.97. The normalized spacial score (nSPS) is 16.4. The summed E-state index contributed by atoms with van der Waals surface area (Å²) >= 11 is 1.47. The number of hydrogen-bond acceptors (Lipinski definition) is 5. The van der Waals surface area contributed by atoms with E-state index >= 15 is 0 Å². The van der Waals surface area contributed by atoms with Crippen molar-refractivity contribution in [1.82, 2.24) is 15.2 Å². The number of carbonyl (C=O) groups is 1. The van der Waals surface area contributed by atoms with Gasteiger partial charge in [0.25, 0.3) is 5.91 Å². The number of carbonyl (C=O) groups excluding carboxylic acids is 1. The molecule has 144 valence electrons. The second-order valence-electron chi connectivity index (χ2n) is 5.94. The van der Waals surface area contributed by atoms with Crippen LogP contribution < -0.4 is 10.1 Å². The highest BCUT2D eigenvalue weighted by Gasteiger charge is 2.27. The molecule has 0 bridgehead atoms. The second kappa shape index (κ2) is 10.1. The van der Waals surface area contributed by atoms with E-state index in [4.69, 9.17) is 4.74 Å². The zero-order valence-electron chi connectivity index (χ0n) is 15.2. The molecule has 0 radical (unpaired) electrons. The molecule has 5 nitrogen and oxygen atoms in total. The van der Waals surface area contributed by atoms with E-state index in [1.165, 1.54) is 11.3 Å². The fourth-order valence-corrected chi connectivity index (χ4v) is 3.88. The predicted molar refractivity (Wildman–Crippen MR) is 111 cm³/mol. The molecular formula is C18H25Cl2N3O2S. The molecule has 1 aliphatic heterocycles. The number of nitrogens with zero attached hydrogens (tertiary/aromatic N) is 2. The van der Waals surface area contributed by atoms with Gasteiger partial charge in [0.2, 0.25) is 0 Å². The maximum absolute atomic E-state index is 12.9. The monoisotopic (exact) mass is 417 g/mol. The Kier molecular flexibility index (Phi) is 8.83. The number of ether oxygens (including phenoxy) is 1. The van der Waals surface area contributed by atoms with Crippen molar-refractivity contribution in [3.05, 3.63) is 34.8 Å². The molecular weight excluding hydrogens is 393 g/mol. The lowest BCUT2D eigenvalue weighted by atomic mass is 10.2. The number of nitrogens with one attached hydrogen (secondary N) is 1. The largest absolute Gasteiger partial charge is 0.494 e. The van der Waals surface area contributed by atoms with Gasteiger partial charge < -0.3 is 15.0 Å². The summed E-state index contributed by atoms with van der Waals surface area (Å²) in [5.41, 5.74) is 1.82. The number of thiazole rings is 1. The number of rotatable bonds is 4. The van der Waals surface area contributed by atoms with Crippen LogP contribution in [0.4, 0.5) is 0 Å². The zero-order chi connectivity index (χ0) is 17.1. The third-order valence-electron chi connectivity index (χ3n) is 4.17. The highest BCUT2D eigenvalue weighted by atomic mass is 35.5. The van der Waals surface area contributed by atoms with Gasteiger partial charge in [-0.3, -0.25) is 4.79 Å². The molecule has 1 unspecified atom stereocenters. The zero-order valence-corrected chi connectivity index (χ0v) is 17.6. The molecule has 0 aliphatic carbocycles. The minimum atomic E-state index is 0. The number of aromatic nitrogens is 1. The van der Waals surface area contributed by atoms with Gasteiger partial charge in [0.1, 0.15) is 15.6 Å². The molecule has 1 saturated heterocycles. The molecule has 2 aromatic rings. The van der Waals surface area contributed by atoms with Gasteiger partial charge in [-0.25, -0.2) is 4.98 Å². The van der Waals surface area contributed by atoms with E-state index in [0.717, 1.165) is 46.5 Å². The highest BCUT2D eigenvalue weighted by molar-refractivity contribution is 7.17. The summed E-state index contributed by atoms with van der Waals surface area (Å²) in [4.78, 5) is 20.2. The smallest absolute Gasteiger partial charge is 0.266 e. The van der Waals surface area contributed by atoms with Crippen molar-refractivity contribution in [1.29, 1.82) is 0 Å². The van der Waals surface area contributed by atoms with Crippen LogP contribution in [0.1, 0.15) is 29.2 Å². The number of benzene rings is 1. The van der Waals surface area contributed by atoms with Crippen molar-refractivity contribution in [2.24, 2.45) is 0 Å². The van der Waals surface area contributed by atoms with Gasteiger partial charge in [-0.2, -0.15) is 0 Å². The van der Waals surface area contributed by atoms with Crippen molar-refractivity contribution >= 4 is 42.1 Å². The van der Waals surface area contributed by atoms with E-state index in [9.17, 15) is 4.79 Å². The van der Waals surface area contributed by atoms with Gasteiger partial charge in [0, 0.05) is 31.2 Å². The molecule has 8 heteroatoms. The first-order valence-electron chi connectivity index (χ1n) is 8.32. The summed E-state index contributed by atoms with van der Waals surface area (Å²) in [5.74, 6) is 0.941. The van der Waals surface area contributed by atoms with Crippen molar-refractivity contribution in [2.75, 3.05) is 26.2 Å². The van der Waals surface area contributed by atoms with Crippen LogP contribution in [-0.4, -0.2) is 48.1 Å². The van der Waals surface area contributed by atoms with Gasteiger partial charge in [-0.05, 0) is 45.0 Å². The van der Waals surface area contributed by atoms with E-state index in [1.807, 2.05) is 43.0 Å². The van der Waals surface area contributed by atoms with E-state index in [1.54, 1.807) is 0 Å². The number of halogens is 2. The Morgan fingerprint density at radius 3 is 2.65 bits per heavy atom. The maximum atomic E-state index is 12.9. The van der Waals surface area contributed by atoms with Gasteiger partial charge in [0.15, 0.2) is 0 Å². The summed E-state index contributed by atoms with van der Waals surface area (Å²) in [6.45, 7) is 9.04. The summed E-state index contributed by atoms with van der Waals surface area (Å²) in [5, 5.41) is 4.19. The number of aryl methyl sites for hydroxylation is 1. The van der Waals surface area contributed by atoms with Crippen LogP contribution >= 0.6 is 36.2 Å². The maximum Gasteiger partial charge on any atom is 0.266 e. The molecule has 3 rings (SSSR count). The minimum absolute atomic E-state index is 0. The quantitative estimate of drug-likeness (QED) is 0.821. The fourth-order valence-electron chi connectivity index (χ4n) is 2.85. The van der Waals surface area contributed by atoms with Gasteiger partial charge >= 0.3 is 0 Å². The van der Waals surface area contributed by atoms with Gasteiger partial charge in [-0.15, -0.1) is 36.2 Å². The van der Waals surface area contributed by atoms with E-state index < -0.39 is 0 Å². The fraction of sp³-hybridized carbons (Fsp3) is 0.444. The molecule has 1 aliphatic rings. The molecule has 26 heavy (non-hydrogen) atoms. The van der Waals surface area contributed by atoms with Crippen LogP contribution in [0.15, 0.2) is 24.3 Å². The van der Waals surface area contributed by atoms with Crippen LogP contribution in [0.3, 0.4) is 0 Å². The molecule has 2 heterocycles. The Bertz CT molecular complexity index is 722. The molecule has 1 N–H and O–H groups in total. The van der Waals surface area contributed by atoms with E-state index in [0.29, 0.717) is 6.61 Å². The van der Waals surface area contributed by atoms with Gasteiger partial charge in [0.05, 0.1) is 12.3 Å². The van der Waals surface area contributed by atoms with Crippen molar-refractivity contribution in [2.45, 2.75) is 26.8 Å². The third kappa shape index (κ3) is 4.88. The number of amides is 1. The first-order valence-corrected chi connectivity index (χ1v) is 9.14. The summed E-state index contributed by atoms with van der Waals surface area (Å²) in [6.07, 6.45) is 0. The topological polar surface area (TPSA) is 54.5 Å². The molecule has 1 aromatic carbocycles. The molecule has 0 spiro atoms. The second-order valence-corrected chi connectivity index (χ2v) is 6.94. The van der Waals surface area contributed by atoms with E-state index in [-0.39, 0.29) is 36.8 Å². The van der Waals surface area contributed by atoms with Crippen LogP contribution in [-0.2, 0) is 0 Å². The molecule has 1 aromatic heterocycles. The van der Waals surface area contributed by atoms with Crippen LogP contribution in [0.5, 0.6) is 5.75 Å². The molecule has 1 amide bonds. The minimum Gasteiger partial charge on any atom is -0.494 e. The van der Waals surface area contributed by atoms with Crippen LogP contribution in [0.25, 0.3) is 10.6 Å². The molecule has 1 fully saturated rings. The lowest BCUT2D eigenvalue weighted by Gasteiger charge is -2.33. The van der Waals surface area contributed by atoms with E-state index in [2.05, 4.69) is 17.2 Å². The number of hydrogen-bond donors (Lipinski definition) is 1.